The maximum Gasteiger partial charge on any atom is 0.349 e. The number of thiophene rings is 1. The maximum absolute atomic E-state index is 11.8. The van der Waals surface area contributed by atoms with Crippen LogP contribution in [0.5, 0.6) is 0 Å². The van der Waals surface area contributed by atoms with E-state index in [0.717, 1.165) is 0 Å². The zero-order valence-corrected chi connectivity index (χ0v) is 12.6. The Hall–Kier alpha value is -2.67. The number of carbonyl (C=O) groups excluding carboxylic acids is 3. The monoisotopic (exact) mass is 318 g/mol. The van der Waals surface area contributed by atoms with Crippen LogP contribution in [0.25, 0.3) is 0 Å². The summed E-state index contributed by atoms with van der Waals surface area (Å²) >= 11 is 1.22. The average molecular weight is 318 g/mol. The molecule has 2 rings (SSSR count). The maximum atomic E-state index is 11.8. The fourth-order valence-electron chi connectivity index (χ4n) is 1.55. The second-order valence-electron chi connectivity index (χ2n) is 4.33. The summed E-state index contributed by atoms with van der Waals surface area (Å²) in [6.07, 6.45) is -1.02. The lowest BCUT2D eigenvalue weighted by Crippen LogP contribution is -2.46. The van der Waals surface area contributed by atoms with Crippen molar-refractivity contribution in [2.45, 2.75) is 13.0 Å². The lowest BCUT2D eigenvalue weighted by molar-refractivity contribution is -0.129. The highest BCUT2D eigenvalue weighted by molar-refractivity contribution is 7.11. The Bertz CT molecular complexity index is 655. The van der Waals surface area contributed by atoms with Crippen molar-refractivity contribution in [2.24, 2.45) is 0 Å². The summed E-state index contributed by atoms with van der Waals surface area (Å²) < 4.78 is 5.00. The number of nitrogens with one attached hydrogen (secondary N) is 2. The molecular weight excluding hydrogens is 304 g/mol. The third-order valence-corrected chi connectivity index (χ3v) is 3.56. The number of ether oxygens (including phenoxy) is 1. The Morgan fingerprint density at radius 3 is 2.41 bits per heavy atom. The molecule has 6 nitrogen and oxygen atoms in total. The molecule has 0 spiro atoms. The molecule has 2 amide bonds. The minimum absolute atomic E-state index is 0.408. The van der Waals surface area contributed by atoms with Crippen LogP contribution in [0.3, 0.4) is 0 Å². The van der Waals surface area contributed by atoms with Gasteiger partial charge in [0.25, 0.3) is 11.8 Å². The van der Waals surface area contributed by atoms with Crippen LogP contribution in [0.1, 0.15) is 27.0 Å². The van der Waals surface area contributed by atoms with Gasteiger partial charge in [-0.25, -0.2) is 4.79 Å². The predicted molar refractivity (Wildman–Crippen MR) is 81.2 cm³/mol. The van der Waals surface area contributed by atoms with Crippen molar-refractivity contribution in [3.8, 4) is 0 Å². The number of esters is 1. The third-order valence-electron chi connectivity index (χ3n) is 2.71. The van der Waals surface area contributed by atoms with Crippen LogP contribution < -0.4 is 10.9 Å². The van der Waals surface area contributed by atoms with Crippen LogP contribution in [0.2, 0.25) is 0 Å². The lowest BCUT2D eigenvalue weighted by Gasteiger charge is -2.13. The number of amides is 2. The number of hydrogen-bond acceptors (Lipinski definition) is 5. The van der Waals surface area contributed by atoms with E-state index in [-0.39, 0.29) is 0 Å². The molecule has 0 radical (unpaired) electrons. The molecule has 7 heteroatoms. The molecule has 0 saturated heterocycles. The standard InChI is InChI=1S/C15H14N2O4S/c1-10(21-15(20)12-8-5-9-22-12)13(18)16-17-14(19)11-6-3-2-4-7-11/h2-10H,1H3,(H,16,18)(H,17,19)/t10-/m1/s1. The summed E-state index contributed by atoms with van der Waals surface area (Å²) in [6, 6.07) is 11.7. The minimum atomic E-state index is -1.02. The number of hydrazine groups is 1. The quantitative estimate of drug-likeness (QED) is 0.664. The van der Waals surface area contributed by atoms with Crippen molar-refractivity contribution < 1.29 is 19.1 Å². The van der Waals surface area contributed by atoms with Gasteiger partial charge in [-0.1, -0.05) is 24.3 Å². The summed E-state index contributed by atoms with van der Waals surface area (Å²) in [5.41, 5.74) is 4.89. The SMILES string of the molecule is C[C@@H](OC(=O)c1cccs1)C(=O)NNC(=O)c1ccccc1. The summed E-state index contributed by atoms with van der Waals surface area (Å²) in [6.45, 7) is 1.43. The predicted octanol–water partition coefficient (Wildman–Crippen LogP) is 1.75. The first-order chi connectivity index (χ1) is 10.6. The molecule has 2 N–H and O–H groups in total. The molecule has 1 aromatic heterocycles. The Morgan fingerprint density at radius 2 is 1.77 bits per heavy atom. The zero-order chi connectivity index (χ0) is 15.9. The molecule has 0 saturated carbocycles. The molecule has 0 aliphatic carbocycles. The Kier molecular flexibility index (Phi) is 5.26. The normalized spacial score (nSPS) is 11.3. The van der Waals surface area contributed by atoms with Crippen LogP contribution in [0.4, 0.5) is 0 Å². The van der Waals surface area contributed by atoms with Crippen molar-refractivity contribution in [3.63, 3.8) is 0 Å². The molecule has 22 heavy (non-hydrogen) atoms. The molecule has 1 heterocycles. The second-order valence-corrected chi connectivity index (χ2v) is 5.28. The average Bonchev–Trinajstić information content (AvgIpc) is 3.07. The molecule has 0 fully saturated rings. The van der Waals surface area contributed by atoms with E-state index in [2.05, 4.69) is 10.9 Å². The molecule has 1 atom stereocenters. The topological polar surface area (TPSA) is 84.5 Å². The number of carbonyl (C=O) groups is 3. The fourth-order valence-corrected chi connectivity index (χ4v) is 2.15. The van der Waals surface area contributed by atoms with Gasteiger partial charge < -0.3 is 4.74 Å². The van der Waals surface area contributed by atoms with E-state index in [1.807, 2.05) is 0 Å². The first-order valence-corrected chi connectivity index (χ1v) is 7.35. The van der Waals surface area contributed by atoms with Gasteiger partial charge in [-0.05, 0) is 30.5 Å². The molecule has 0 aliphatic rings. The van der Waals surface area contributed by atoms with Crippen molar-refractivity contribution in [1.82, 2.24) is 10.9 Å². The van der Waals surface area contributed by atoms with Gasteiger partial charge in [0.05, 0.1) is 0 Å². The summed E-state index contributed by atoms with van der Waals surface area (Å²) in [4.78, 5) is 35.6. The number of benzene rings is 1. The van der Waals surface area contributed by atoms with Gasteiger partial charge in [0.15, 0.2) is 6.10 Å². The van der Waals surface area contributed by atoms with Crippen LogP contribution in [0.15, 0.2) is 47.8 Å². The van der Waals surface area contributed by atoms with E-state index in [0.29, 0.717) is 10.4 Å². The Labute approximate surface area is 131 Å². The van der Waals surface area contributed by atoms with E-state index >= 15 is 0 Å². The van der Waals surface area contributed by atoms with Gasteiger partial charge in [-0.2, -0.15) is 0 Å². The third kappa shape index (κ3) is 4.16. The van der Waals surface area contributed by atoms with Crippen molar-refractivity contribution in [1.29, 1.82) is 0 Å². The highest BCUT2D eigenvalue weighted by atomic mass is 32.1. The van der Waals surface area contributed by atoms with E-state index in [1.165, 1.54) is 18.3 Å². The second kappa shape index (κ2) is 7.37. The van der Waals surface area contributed by atoms with Crippen LogP contribution in [-0.2, 0) is 9.53 Å². The molecule has 114 valence electrons. The molecule has 0 bridgehead atoms. The van der Waals surface area contributed by atoms with E-state index in [9.17, 15) is 14.4 Å². The van der Waals surface area contributed by atoms with Gasteiger partial charge in [-0.15, -0.1) is 11.3 Å². The highest BCUT2D eigenvalue weighted by Crippen LogP contribution is 2.11. The summed E-state index contributed by atoms with van der Waals surface area (Å²) in [5.74, 6) is -1.65. The minimum Gasteiger partial charge on any atom is -0.448 e. The van der Waals surface area contributed by atoms with Gasteiger partial charge >= 0.3 is 5.97 Å². The van der Waals surface area contributed by atoms with E-state index in [4.69, 9.17) is 4.74 Å². The van der Waals surface area contributed by atoms with Crippen molar-refractivity contribution in [2.75, 3.05) is 0 Å². The Balaban J connectivity index is 1.82. The first-order valence-electron chi connectivity index (χ1n) is 6.47. The number of hydrogen-bond donors (Lipinski definition) is 2. The molecule has 0 aliphatic heterocycles. The molecule has 1 aromatic carbocycles. The Morgan fingerprint density at radius 1 is 1.05 bits per heavy atom. The number of rotatable bonds is 4. The summed E-state index contributed by atoms with van der Waals surface area (Å²) in [5, 5.41) is 1.74. The summed E-state index contributed by atoms with van der Waals surface area (Å²) in [7, 11) is 0. The van der Waals surface area contributed by atoms with Crippen LogP contribution in [-0.4, -0.2) is 23.9 Å². The largest absolute Gasteiger partial charge is 0.448 e. The van der Waals surface area contributed by atoms with Gasteiger partial charge in [0, 0.05) is 5.56 Å². The van der Waals surface area contributed by atoms with Crippen molar-refractivity contribution in [3.05, 3.63) is 58.3 Å². The van der Waals surface area contributed by atoms with Gasteiger partial charge in [-0.3, -0.25) is 20.4 Å². The first kappa shape index (κ1) is 15.7. The van der Waals surface area contributed by atoms with Crippen LogP contribution in [0, 0.1) is 0 Å². The molecular formula is C15H14N2O4S. The highest BCUT2D eigenvalue weighted by Gasteiger charge is 2.20. The van der Waals surface area contributed by atoms with Crippen LogP contribution >= 0.6 is 11.3 Å². The molecule has 2 aromatic rings. The van der Waals surface area contributed by atoms with E-state index < -0.39 is 23.9 Å². The zero-order valence-electron chi connectivity index (χ0n) is 11.7. The lowest BCUT2D eigenvalue weighted by atomic mass is 10.2. The smallest absolute Gasteiger partial charge is 0.349 e. The van der Waals surface area contributed by atoms with Gasteiger partial charge in [0.2, 0.25) is 0 Å². The molecule has 0 unspecified atom stereocenters. The van der Waals surface area contributed by atoms with E-state index in [1.54, 1.807) is 47.8 Å². The van der Waals surface area contributed by atoms with Gasteiger partial charge in [0.1, 0.15) is 4.88 Å². The van der Waals surface area contributed by atoms with Crippen molar-refractivity contribution >= 4 is 29.1 Å². The fraction of sp³-hybridized carbons (Fsp3) is 0.133.